The standard InChI is InChI=1S/C14H21N5O.HI/c1-17(2)13(18(3)4)15-9-10-19-12-8-6-5-7-11(12)16-14(19)20;/h5-8H,9-10H2,1-4H3,(H,16,20);1H. The van der Waals surface area contributed by atoms with E-state index in [2.05, 4.69) is 9.98 Å². The van der Waals surface area contributed by atoms with Crippen LogP contribution in [-0.4, -0.2) is 60.0 Å². The van der Waals surface area contributed by atoms with Crippen molar-refractivity contribution >= 4 is 41.0 Å². The van der Waals surface area contributed by atoms with E-state index in [1.165, 1.54) is 0 Å². The molecule has 1 N–H and O–H groups in total. The molecule has 2 aromatic rings. The summed E-state index contributed by atoms with van der Waals surface area (Å²) < 4.78 is 1.72. The van der Waals surface area contributed by atoms with Crippen LogP contribution in [0.4, 0.5) is 0 Å². The number of hydrogen-bond acceptors (Lipinski definition) is 2. The number of imidazole rings is 1. The third-order valence-electron chi connectivity index (χ3n) is 3.06. The van der Waals surface area contributed by atoms with E-state index < -0.39 is 0 Å². The van der Waals surface area contributed by atoms with E-state index in [4.69, 9.17) is 0 Å². The molecule has 0 saturated heterocycles. The number of halogens is 1. The lowest BCUT2D eigenvalue weighted by molar-refractivity contribution is 0.477. The Hall–Kier alpha value is -1.51. The van der Waals surface area contributed by atoms with E-state index in [1.807, 2.05) is 62.3 Å². The maximum absolute atomic E-state index is 11.9. The molecule has 1 aromatic heterocycles. The van der Waals surface area contributed by atoms with Gasteiger partial charge in [-0.25, -0.2) is 4.79 Å². The van der Waals surface area contributed by atoms with Crippen molar-refractivity contribution in [3.8, 4) is 0 Å². The second kappa shape index (κ2) is 7.48. The van der Waals surface area contributed by atoms with Gasteiger partial charge in [0.1, 0.15) is 0 Å². The van der Waals surface area contributed by atoms with Crippen LogP contribution in [0.1, 0.15) is 0 Å². The molecule has 116 valence electrons. The Morgan fingerprint density at radius 3 is 2.43 bits per heavy atom. The maximum atomic E-state index is 11.9. The summed E-state index contributed by atoms with van der Waals surface area (Å²) in [4.78, 5) is 23.2. The van der Waals surface area contributed by atoms with E-state index in [-0.39, 0.29) is 29.7 Å². The fourth-order valence-corrected chi connectivity index (χ4v) is 2.26. The van der Waals surface area contributed by atoms with Gasteiger partial charge in [-0.15, -0.1) is 24.0 Å². The van der Waals surface area contributed by atoms with E-state index in [0.717, 1.165) is 17.0 Å². The van der Waals surface area contributed by atoms with Crippen LogP contribution in [0, 0.1) is 0 Å². The van der Waals surface area contributed by atoms with E-state index in [1.54, 1.807) is 4.57 Å². The lowest BCUT2D eigenvalue weighted by Gasteiger charge is -2.22. The number of para-hydroxylation sites is 2. The highest BCUT2D eigenvalue weighted by Gasteiger charge is 2.06. The molecule has 0 atom stereocenters. The van der Waals surface area contributed by atoms with Gasteiger partial charge in [0.2, 0.25) is 0 Å². The predicted molar refractivity (Wildman–Crippen MR) is 97.6 cm³/mol. The predicted octanol–water partition coefficient (Wildman–Crippen LogP) is 1.43. The molecule has 6 nitrogen and oxygen atoms in total. The van der Waals surface area contributed by atoms with Crippen LogP contribution in [-0.2, 0) is 6.54 Å². The van der Waals surface area contributed by atoms with Gasteiger partial charge in [0, 0.05) is 34.7 Å². The summed E-state index contributed by atoms with van der Waals surface area (Å²) >= 11 is 0. The minimum absolute atomic E-state index is 0. The van der Waals surface area contributed by atoms with Gasteiger partial charge in [0.05, 0.1) is 17.6 Å². The summed E-state index contributed by atoms with van der Waals surface area (Å²) in [5, 5.41) is 0. The summed E-state index contributed by atoms with van der Waals surface area (Å²) in [7, 11) is 7.82. The molecule has 7 heteroatoms. The Morgan fingerprint density at radius 1 is 1.19 bits per heavy atom. The normalized spacial score (nSPS) is 10.1. The highest BCUT2D eigenvalue weighted by molar-refractivity contribution is 14.0. The number of hydrogen-bond donors (Lipinski definition) is 1. The second-order valence-electron chi connectivity index (χ2n) is 5.07. The molecule has 0 spiro atoms. The zero-order valence-corrected chi connectivity index (χ0v) is 15.2. The van der Waals surface area contributed by atoms with Gasteiger partial charge in [-0.3, -0.25) is 9.56 Å². The molecule has 0 bridgehead atoms. The highest BCUT2D eigenvalue weighted by Crippen LogP contribution is 2.08. The largest absolute Gasteiger partial charge is 0.349 e. The van der Waals surface area contributed by atoms with Crippen molar-refractivity contribution in [3.63, 3.8) is 0 Å². The molecule has 0 aliphatic carbocycles. The number of nitrogens with one attached hydrogen (secondary N) is 1. The van der Waals surface area contributed by atoms with Crippen LogP contribution in [0.15, 0.2) is 34.1 Å². The van der Waals surface area contributed by atoms with Gasteiger partial charge in [0.15, 0.2) is 5.96 Å². The fraction of sp³-hybridized carbons (Fsp3) is 0.429. The SMILES string of the molecule is CN(C)C(=NCCn1c(=O)[nH]c2ccccc21)N(C)C.I. The number of aliphatic imine (C=N–C) groups is 1. The molecule has 0 aliphatic rings. The number of rotatable bonds is 3. The van der Waals surface area contributed by atoms with Crippen LogP contribution in [0.2, 0.25) is 0 Å². The third-order valence-corrected chi connectivity index (χ3v) is 3.06. The monoisotopic (exact) mass is 403 g/mol. The average Bonchev–Trinajstić information content (AvgIpc) is 2.69. The third kappa shape index (κ3) is 3.99. The van der Waals surface area contributed by atoms with Crippen molar-refractivity contribution in [1.29, 1.82) is 0 Å². The van der Waals surface area contributed by atoms with E-state index in [9.17, 15) is 4.79 Å². The second-order valence-corrected chi connectivity index (χ2v) is 5.07. The molecule has 2 rings (SSSR count). The molecule has 1 aromatic carbocycles. The summed E-state index contributed by atoms with van der Waals surface area (Å²) in [6.07, 6.45) is 0. The van der Waals surface area contributed by atoms with Crippen LogP contribution in [0.5, 0.6) is 0 Å². The Balaban J connectivity index is 0.00000220. The fourth-order valence-electron chi connectivity index (χ4n) is 2.26. The van der Waals surface area contributed by atoms with Gasteiger partial charge in [-0.2, -0.15) is 0 Å². The average molecular weight is 403 g/mol. The molecule has 0 radical (unpaired) electrons. The first-order valence-electron chi connectivity index (χ1n) is 6.57. The summed E-state index contributed by atoms with van der Waals surface area (Å²) in [5.41, 5.74) is 1.70. The van der Waals surface area contributed by atoms with Crippen molar-refractivity contribution in [2.75, 3.05) is 34.7 Å². The van der Waals surface area contributed by atoms with Crippen LogP contribution in [0.25, 0.3) is 11.0 Å². The number of nitrogens with zero attached hydrogens (tertiary/aromatic N) is 4. The lowest BCUT2D eigenvalue weighted by Crippen LogP contribution is -2.35. The van der Waals surface area contributed by atoms with Crippen LogP contribution < -0.4 is 5.69 Å². The molecule has 1 heterocycles. The first kappa shape index (κ1) is 17.5. The minimum atomic E-state index is -0.0855. The molecule has 0 fully saturated rings. The van der Waals surface area contributed by atoms with Gasteiger partial charge < -0.3 is 14.8 Å². The first-order valence-corrected chi connectivity index (χ1v) is 6.57. The molecular formula is C14H22IN5O. The summed E-state index contributed by atoms with van der Waals surface area (Å²) in [6, 6.07) is 7.69. The topological polar surface area (TPSA) is 56.6 Å². The summed E-state index contributed by atoms with van der Waals surface area (Å²) in [5.74, 6) is 0.887. The zero-order chi connectivity index (χ0) is 14.7. The molecule has 0 saturated carbocycles. The van der Waals surface area contributed by atoms with E-state index >= 15 is 0 Å². The number of aromatic nitrogens is 2. The lowest BCUT2D eigenvalue weighted by atomic mass is 10.3. The minimum Gasteiger partial charge on any atom is -0.349 e. The van der Waals surface area contributed by atoms with Crippen molar-refractivity contribution in [3.05, 3.63) is 34.7 Å². The van der Waals surface area contributed by atoms with Crippen molar-refractivity contribution in [1.82, 2.24) is 19.4 Å². The van der Waals surface area contributed by atoms with Crippen LogP contribution in [0.3, 0.4) is 0 Å². The number of aromatic amines is 1. The zero-order valence-electron chi connectivity index (χ0n) is 12.8. The highest BCUT2D eigenvalue weighted by atomic mass is 127. The number of benzene rings is 1. The quantitative estimate of drug-likeness (QED) is 0.479. The maximum Gasteiger partial charge on any atom is 0.326 e. The van der Waals surface area contributed by atoms with Gasteiger partial charge in [0.25, 0.3) is 0 Å². The summed E-state index contributed by atoms with van der Waals surface area (Å²) in [6.45, 7) is 1.13. The Kier molecular flexibility index (Phi) is 6.25. The Labute approximate surface area is 141 Å². The van der Waals surface area contributed by atoms with Gasteiger partial charge in [-0.1, -0.05) is 12.1 Å². The van der Waals surface area contributed by atoms with E-state index in [0.29, 0.717) is 13.1 Å². The van der Waals surface area contributed by atoms with Crippen molar-refractivity contribution in [2.45, 2.75) is 6.54 Å². The molecule has 21 heavy (non-hydrogen) atoms. The number of fused-ring (bicyclic) bond motifs is 1. The number of guanidine groups is 1. The van der Waals surface area contributed by atoms with Gasteiger partial charge >= 0.3 is 5.69 Å². The van der Waals surface area contributed by atoms with Crippen molar-refractivity contribution in [2.24, 2.45) is 4.99 Å². The van der Waals surface area contributed by atoms with Crippen molar-refractivity contribution < 1.29 is 0 Å². The molecular weight excluding hydrogens is 381 g/mol. The molecule has 0 amide bonds. The molecule has 0 aliphatic heterocycles. The molecule has 0 unspecified atom stereocenters. The smallest absolute Gasteiger partial charge is 0.326 e. The van der Waals surface area contributed by atoms with Crippen LogP contribution >= 0.6 is 24.0 Å². The first-order chi connectivity index (χ1) is 9.50. The Bertz CT molecular complexity index is 661. The van der Waals surface area contributed by atoms with Gasteiger partial charge in [-0.05, 0) is 12.1 Å². The number of H-pyrrole nitrogens is 1. The Morgan fingerprint density at radius 2 is 1.81 bits per heavy atom.